The highest BCUT2D eigenvalue weighted by Gasteiger charge is 2.22. The molecule has 2 heteroatoms. The molecular formula is C64H43NO. The standard InChI is InChI=1S/C64H43NO/c1-6-19-44(20-7-1)45-37-39-52(40-38-45)65(51-27-14-5-15-28-51)61-31-18-32-62-63(61)60-43-55(53-29-16-17-30-54(53)64(60)66-62)49-33-35-50(36-34-49)59-42-57(47-23-10-3-11-24-47)56(46-21-8-2-9-22-46)41-58(59)48-25-12-4-13-26-48/h1-43H. The van der Waals surface area contributed by atoms with Crippen molar-refractivity contribution in [2.24, 2.45) is 0 Å². The van der Waals surface area contributed by atoms with Gasteiger partial charge >= 0.3 is 0 Å². The molecule has 2 nitrogen and oxygen atoms in total. The lowest BCUT2D eigenvalue weighted by Gasteiger charge is -2.26. The Kier molecular flexibility index (Phi) is 9.89. The lowest BCUT2D eigenvalue weighted by molar-refractivity contribution is 0.672. The second-order valence-electron chi connectivity index (χ2n) is 16.8. The van der Waals surface area contributed by atoms with Gasteiger partial charge in [-0.3, -0.25) is 0 Å². The molecule has 0 atom stereocenters. The summed E-state index contributed by atoms with van der Waals surface area (Å²) in [4.78, 5) is 2.35. The monoisotopic (exact) mass is 841 g/mol. The molecule has 0 aliphatic carbocycles. The predicted molar refractivity (Wildman–Crippen MR) is 279 cm³/mol. The van der Waals surface area contributed by atoms with Crippen LogP contribution in [0.15, 0.2) is 265 Å². The van der Waals surface area contributed by atoms with Gasteiger partial charge in [0, 0.05) is 22.1 Å². The van der Waals surface area contributed by atoms with E-state index in [1.165, 1.54) is 50.1 Å². The number of furan rings is 1. The maximum Gasteiger partial charge on any atom is 0.143 e. The maximum atomic E-state index is 6.89. The van der Waals surface area contributed by atoms with E-state index < -0.39 is 0 Å². The first kappa shape index (κ1) is 38.9. The number of fused-ring (bicyclic) bond motifs is 5. The molecule has 66 heavy (non-hydrogen) atoms. The zero-order valence-electron chi connectivity index (χ0n) is 36.2. The molecule has 0 aliphatic rings. The Balaban J connectivity index is 1.02. The Hall–Kier alpha value is -8.72. The van der Waals surface area contributed by atoms with E-state index in [4.69, 9.17) is 4.42 Å². The average Bonchev–Trinajstić information content (AvgIpc) is 3.79. The highest BCUT2D eigenvalue weighted by atomic mass is 16.3. The average molecular weight is 842 g/mol. The van der Waals surface area contributed by atoms with Crippen LogP contribution in [0, 0.1) is 0 Å². The first-order chi connectivity index (χ1) is 32.7. The van der Waals surface area contributed by atoms with E-state index in [1.54, 1.807) is 0 Å². The van der Waals surface area contributed by atoms with E-state index in [0.717, 1.165) is 66.5 Å². The number of anilines is 3. The Morgan fingerprint density at radius 3 is 1.18 bits per heavy atom. The van der Waals surface area contributed by atoms with Gasteiger partial charge in [0.2, 0.25) is 0 Å². The van der Waals surface area contributed by atoms with Crippen LogP contribution in [0.25, 0.3) is 99.5 Å². The molecule has 0 unspecified atom stereocenters. The summed E-state index contributed by atoms with van der Waals surface area (Å²) in [5.41, 5.74) is 19.2. The number of hydrogen-bond acceptors (Lipinski definition) is 2. The minimum Gasteiger partial charge on any atom is -0.455 e. The van der Waals surface area contributed by atoms with Gasteiger partial charge in [0.05, 0.1) is 11.1 Å². The Bertz CT molecular complexity index is 3640. The summed E-state index contributed by atoms with van der Waals surface area (Å²) in [5, 5.41) is 4.39. The number of para-hydroxylation sites is 1. The maximum absolute atomic E-state index is 6.89. The van der Waals surface area contributed by atoms with E-state index >= 15 is 0 Å². The summed E-state index contributed by atoms with van der Waals surface area (Å²) < 4.78 is 6.89. The van der Waals surface area contributed by atoms with Crippen LogP contribution in [-0.4, -0.2) is 0 Å². The molecule has 1 aromatic heterocycles. The summed E-state index contributed by atoms with van der Waals surface area (Å²) >= 11 is 0. The molecule has 12 aromatic rings. The lowest BCUT2D eigenvalue weighted by atomic mass is 9.85. The quantitative estimate of drug-likeness (QED) is 0.144. The van der Waals surface area contributed by atoms with E-state index in [1.807, 2.05) is 0 Å². The molecule has 0 saturated heterocycles. The minimum atomic E-state index is 0.851. The zero-order valence-corrected chi connectivity index (χ0v) is 36.2. The fourth-order valence-electron chi connectivity index (χ4n) is 9.73. The molecule has 0 N–H and O–H groups in total. The second kappa shape index (κ2) is 16.8. The Morgan fingerprint density at radius 2 is 0.652 bits per heavy atom. The van der Waals surface area contributed by atoms with Crippen LogP contribution in [0.4, 0.5) is 17.1 Å². The predicted octanol–water partition coefficient (Wildman–Crippen LogP) is 18.2. The van der Waals surface area contributed by atoms with Gasteiger partial charge in [0.1, 0.15) is 11.2 Å². The van der Waals surface area contributed by atoms with Crippen LogP contribution in [0.1, 0.15) is 0 Å². The fraction of sp³-hybridized carbons (Fsp3) is 0. The van der Waals surface area contributed by atoms with Gasteiger partial charge in [0.15, 0.2) is 0 Å². The van der Waals surface area contributed by atoms with Crippen molar-refractivity contribution >= 4 is 49.8 Å². The van der Waals surface area contributed by atoms with Crippen LogP contribution in [0.5, 0.6) is 0 Å². The van der Waals surface area contributed by atoms with Gasteiger partial charge in [-0.15, -0.1) is 0 Å². The lowest BCUT2D eigenvalue weighted by Crippen LogP contribution is -2.10. The van der Waals surface area contributed by atoms with Gasteiger partial charge < -0.3 is 9.32 Å². The molecule has 0 aliphatic heterocycles. The molecule has 310 valence electrons. The van der Waals surface area contributed by atoms with E-state index in [2.05, 4.69) is 266 Å². The normalized spacial score (nSPS) is 11.3. The van der Waals surface area contributed by atoms with E-state index in [-0.39, 0.29) is 0 Å². The summed E-state index contributed by atoms with van der Waals surface area (Å²) in [7, 11) is 0. The van der Waals surface area contributed by atoms with Crippen LogP contribution >= 0.6 is 0 Å². The summed E-state index contributed by atoms with van der Waals surface area (Å²) in [6.45, 7) is 0. The van der Waals surface area contributed by atoms with Crippen molar-refractivity contribution in [3.8, 4) is 66.8 Å². The third-order valence-corrected chi connectivity index (χ3v) is 12.9. The molecule has 0 fully saturated rings. The van der Waals surface area contributed by atoms with Gasteiger partial charge in [-0.05, 0) is 127 Å². The molecule has 1 heterocycles. The molecule has 0 radical (unpaired) electrons. The van der Waals surface area contributed by atoms with Crippen molar-refractivity contribution in [1.29, 1.82) is 0 Å². The molecule has 0 amide bonds. The van der Waals surface area contributed by atoms with Crippen LogP contribution in [0.3, 0.4) is 0 Å². The summed E-state index contributed by atoms with van der Waals surface area (Å²) in [6.07, 6.45) is 0. The zero-order chi connectivity index (χ0) is 43.8. The smallest absolute Gasteiger partial charge is 0.143 e. The highest BCUT2D eigenvalue weighted by Crippen LogP contribution is 2.47. The third kappa shape index (κ3) is 7.02. The van der Waals surface area contributed by atoms with Gasteiger partial charge in [-0.25, -0.2) is 0 Å². The number of hydrogen-bond donors (Lipinski definition) is 0. The summed E-state index contributed by atoms with van der Waals surface area (Å²) in [6, 6.07) is 93.7. The third-order valence-electron chi connectivity index (χ3n) is 12.9. The molecule has 0 saturated carbocycles. The van der Waals surface area contributed by atoms with Gasteiger partial charge in [0.25, 0.3) is 0 Å². The van der Waals surface area contributed by atoms with E-state index in [9.17, 15) is 0 Å². The summed E-state index contributed by atoms with van der Waals surface area (Å²) in [5.74, 6) is 0. The number of rotatable bonds is 9. The molecule has 0 spiro atoms. The number of benzene rings is 11. The van der Waals surface area contributed by atoms with Crippen LogP contribution < -0.4 is 4.90 Å². The second-order valence-corrected chi connectivity index (χ2v) is 16.8. The van der Waals surface area contributed by atoms with Gasteiger partial charge in [-0.2, -0.15) is 0 Å². The molecule has 12 rings (SSSR count). The highest BCUT2D eigenvalue weighted by molar-refractivity contribution is 6.22. The van der Waals surface area contributed by atoms with Gasteiger partial charge in [-0.1, -0.05) is 206 Å². The molecule has 0 bridgehead atoms. The fourth-order valence-corrected chi connectivity index (χ4v) is 9.73. The topological polar surface area (TPSA) is 16.4 Å². The van der Waals surface area contributed by atoms with Crippen molar-refractivity contribution in [1.82, 2.24) is 0 Å². The van der Waals surface area contributed by atoms with Crippen molar-refractivity contribution in [2.75, 3.05) is 4.90 Å². The SMILES string of the molecule is c1ccc(-c2ccc(N(c3ccccc3)c3cccc4oc5c6ccccc6c(-c6ccc(-c7cc(-c8ccccc8)c(-c8ccccc8)cc7-c7ccccc7)cc6)cc5c34)cc2)cc1. The molecular weight excluding hydrogens is 799 g/mol. The Labute approximate surface area is 384 Å². The first-order valence-electron chi connectivity index (χ1n) is 22.6. The number of nitrogens with zero attached hydrogens (tertiary/aromatic N) is 1. The minimum absolute atomic E-state index is 0.851. The molecule has 11 aromatic carbocycles. The van der Waals surface area contributed by atoms with Crippen LogP contribution in [0.2, 0.25) is 0 Å². The van der Waals surface area contributed by atoms with Crippen molar-refractivity contribution in [3.63, 3.8) is 0 Å². The largest absolute Gasteiger partial charge is 0.455 e. The van der Waals surface area contributed by atoms with E-state index in [0.29, 0.717) is 0 Å². The van der Waals surface area contributed by atoms with Crippen LogP contribution in [-0.2, 0) is 0 Å². The van der Waals surface area contributed by atoms with Crippen molar-refractivity contribution in [2.45, 2.75) is 0 Å². The van der Waals surface area contributed by atoms with Crippen molar-refractivity contribution < 1.29 is 4.42 Å². The first-order valence-corrected chi connectivity index (χ1v) is 22.6. The Morgan fingerprint density at radius 1 is 0.258 bits per heavy atom. The van der Waals surface area contributed by atoms with Crippen molar-refractivity contribution in [3.05, 3.63) is 261 Å².